The molecule has 0 spiro atoms. The molecule has 1 aliphatic heterocycles. The van der Waals surface area contributed by atoms with Crippen LogP contribution in [0.3, 0.4) is 0 Å². The Morgan fingerprint density at radius 3 is 2.47 bits per heavy atom. The molecule has 10 heteroatoms. The maximum Gasteiger partial charge on any atom is 0.253 e. The summed E-state index contributed by atoms with van der Waals surface area (Å²) in [6.07, 6.45) is -0.426. The lowest BCUT2D eigenvalue weighted by Crippen LogP contribution is -2.46. The van der Waals surface area contributed by atoms with E-state index in [0.717, 1.165) is 22.2 Å². The van der Waals surface area contributed by atoms with Crippen molar-refractivity contribution < 1.29 is 34.7 Å². The molecule has 1 saturated heterocycles. The zero-order valence-electron chi connectivity index (χ0n) is 20.2. The second-order valence-corrected chi connectivity index (χ2v) is 8.42. The Hall–Kier alpha value is -3.46. The van der Waals surface area contributed by atoms with Gasteiger partial charge in [-0.3, -0.25) is 4.79 Å². The average molecular weight is 498 g/mol. The van der Waals surface area contributed by atoms with Gasteiger partial charge in [-0.15, -0.1) is 0 Å². The van der Waals surface area contributed by atoms with E-state index in [0.29, 0.717) is 17.7 Å². The number of nitriles is 1. The van der Waals surface area contributed by atoms with Crippen molar-refractivity contribution in [1.29, 1.82) is 5.26 Å². The van der Waals surface area contributed by atoms with Gasteiger partial charge in [-0.2, -0.15) is 5.26 Å². The molecule has 4 rings (SSSR count). The first-order valence-electron chi connectivity index (χ1n) is 11.5. The van der Waals surface area contributed by atoms with E-state index in [2.05, 4.69) is 11.4 Å². The molecule has 2 aromatic carbocycles. The zero-order valence-corrected chi connectivity index (χ0v) is 20.2. The molecule has 10 nitrogen and oxygen atoms in total. The number of benzene rings is 2. The third kappa shape index (κ3) is 6.20. The molecule has 3 aromatic rings. The van der Waals surface area contributed by atoms with Crippen LogP contribution in [0, 0.1) is 17.2 Å². The predicted octanol–water partition coefficient (Wildman–Crippen LogP) is 0.985. The first-order chi connectivity index (χ1) is 17.3. The van der Waals surface area contributed by atoms with E-state index in [1.54, 1.807) is 26.3 Å². The molecular formula is C26H31N3O7. The number of nitrogens with zero attached hydrogens (tertiary/aromatic N) is 2. The van der Waals surface area contributed by atoms with Crippen LogP contribution < -0.4 is 10.1 Å². The van der Waals surface area contributed by atoms with Crippen LogP contribution in [0.4, 0.5) is 0 Å². The van der Waals surface area contributed by atoms with Crippen LogP contribution in [-0.2, 0) is 11.3 Å². The normalized spacial score (nSPS) is 21.2. The number of aliphatic hydroxyl groups is 4. The van der Waals surface area contributed by atoms with E-state index in [4.69, 9.17) is 24.9 Å². The minimum Gasteiger partial charge on any atom is -0.497 e. The number of hydrogen-bond acceptors (Lipinski definition) is 8. The van der Waals surface area contributed by atoms with Crippen LogP contribution in [0.15, 0.2) is 48.7 Å². The third-order valence-corrected chi connectivity index (χ3v) is 6.11. The lowest BCUT2D eigenvalue weighted by atomic mass is 9.94. The lowest BCUT2D eigenvalue weighted by Gasteiger charge is -2.35. The minimum atomic E-state index is -1.18. The highest BCUT2D eigenvalue weighted by molar-refractivity contribution is 6.07. The number of carbonyl (C=O) groups is 1. The van der Waals surface area contributed by atoms with E-state index >= 15 is 0 Å². The van der Waals surface area contributed by atoms with Crippen molar-refractivity contribution >= 4 is 16.8 Å². The second kappa shape index (κ2) is 12.5. The van der Waals surface area contributed by atoms with Gasteiger partial charge < -0.3 is 39.8 Å². The van der Waals surface area contributed by atoms with Gasteiger partial charge in [-0.25, -0.2) is 0 Å². The van der Waals surface area contributed by atoms with Gasteiger partial charge in [0.1, 0.15) is 5.75 Å². The fourth-order valence-corrected chi connectivity index (χ4v) is 4.04. The van der Waals surface area contributed by atoms with Gasteiger partial charge in [0.15, 0.2) is 6.29 Å². The van der Waals surface area contributed by atoms with Crippen molar-refractivity contribution in [3.05, 3.63) is 65.4 Å². The van der Waals surface area contributed by atoms with Crippen molar-refractivity contribution in [2.45, 2.75) is 31.5 Å². The Labute approximate surface area is 208 Å². The van der Waals surface area contributed by atoms with Gasteiger partial charge >= 0.3 is 0 Å². The predicted molar refractivity (Wildman–Crippen MR) is 131 cm³/mol. The topological polar surface area (TPSA) is 157 Å². The molecule has 0 radical (unpaired) electrons. The highest BCUT2D eigenvalue weighted by atomic mass is 16.6. The summed E-state index contributed by atoms with van der Waals surface area (Å²) in [6.45, 7) is 0.0547. The largest absolute Gasteiger partial charge is 0.497 e. The Morgan fingerprint density at radius 1 is 1.19 bits per heavy atom. The summed E-state index contributed by atoms with van der Waals surface area (Å²) < 4.78 is 12.2. The van der Waals surface area contributed by atoms with Crippen molar-refractivity contribution in [3.63, 3.8) is 0 Å². The molecule has 0 saturated carbocycles. The van der Waals surface area contributed by atoms with Crippen LogP contribution in [0.1, 0.15) is 27.9 Å². The molecule has 5 N–H and O–H groups in total. The molecule has 36 heavy (non-hydrogen) atoms. The van der Waals surface area contributed by atoms with Gasteiger partial charge in [0.2, 0.25) is 0 Å². The fraction of sp³-hybridized carbons (Fsp3) is 0.385. The Morgan fingerprint density at radius 2 is 1.92 bits per heavy atom. The molecule has 4 atom stereocenters. The number of methoxy groups -OCH3 is 1. The van der Waals surface area contributed by atoms with Crippen LogP contribution in [0.5, 0.6) is 5.75 Å². The number of nitrogens with one attached hydrogen (secondary N) is 1. The van der Waals surface area contributed by atoms with Crippen molar-refractivity contribution in [3.8, 4) is 11.8 Å². The summed E-state index contributed by atoms with van der Waals surface area (Å²) >= 11 is 0. The highest BCUT2D eigenvalue weighted by Gasteiger charge is 2.35. The van der Waals surface area contributed by atoms with Gasteiger partial charge in [0.05, 0.1) is 61.2 Å². The van der Waals surface area contributed by atoms with E-state index in [1.807, 2.05) is 41.1 Å². The molecule has 1 fully saturated rings. The average Bonchev–Trinajstić information content (AvgIpc) is 3.26. The number of aliphatic hydroxyl groups excluding tert-OH is 4. The minimum absolute atomic E-state index is 0.122. The lowest BCUT2D eigenvalue weighted by molar-refractivity contribution is -0.237. The summed E-state index contributed by atoms with van der Waals surface area (Å²) in [4.78, 5) is 12.1. The number of ether oxygens (including phenoxy) is 2. The number of carbonyl (C=O) groups excluding carboxylic acids is 1. The summed E-state index contributed by atoms with van der Waals surface area (Å²) in [7, 11) is 3.24. The van der Waals surface area contributed by atoms with E-state index in [-0.39, 0.29) is 25.5 Å². The third-order valence-electron chi connectivity index (χ3n) is 6.11. The standard InChI is InChI=1S/C19H17N3O2.C7H14O5/c1-21-19(23)17-12-22(11-14-5-3-13(10-20)4-6-14)18-9-15(24-2)7-8-16(17)18;8-2-4-1-6(10)5(3-9)7(11)12-4/h3-9,12H,11H2,1-2H3,(H,21,23);4-11H,1-3H2. The van der Waals surface area contributed by atoms with Gasteiger partial charge in [0.25, 0.3) is 5.91 Å². The smallest absolute Gasteiger partial charge is 0.253 e. The maximum absolute atomic E-state index is 12.1. The molecule has 0 bridgehead atoms. The van der Waals surface area contributed by atoms with Crippen molar-refractivity contribution in [1.82, 2.24) is 9.88 Å². The number of rotatable bonds is 6. The van der Waals surface area contributed by atoms with Gasteiger partial charge in [-0.05, 0) is 29.8 Å². The molecular weight excluding hydrogens is 466 g/mol. The highest BCUT2D eigenvalue weighted by Crippen LogP contribution is 2.27. The summed E-state index contributed by atoms with van der Waals surface area (Å²) in [5, 5.41) is 48.4. The number of hydrogen-bond donors (Lipinski definition) is 5. The quantitative estimate of drug-likeness (QED) is 0.337. The molecule has 0 aliphatic carbocycles. The first kappa shape index (κ1) is 27.1. The molecule has 4 unspecified atom stereocenters. The summed E-state index contributed by atoms with van der Waals surface area (Å²) in [6, 6.07) is 15.2. The second-order valence-electron chi connectivity index (χ2n) is 8.42. The molecule has 192 valence electrons. The van der Waals surface area contributed by atoms with Crippen LogP contribution in [-0.4, -0.2) is 76.8 Å². The Bertz CT molecular complexity index is 1190. The van der Waals surface area contributed by atoms with E-state index in [9.17, 15) is 15.0 Å². The van der Waals surface area contributed by atoms with E-state index < -0.39 is 24.4 Å². The Balaban J connectivity index is 0.000000253. The number of fused-ring (bicyclic) bond motifs is 1. The number of aromatic nitrogens is 1. The van der Waals surface area contributed by atoms with Crippen LogP contribution in [0.2, 0.25) is 0 Å². The zero-order chi connectivity index (χ0) is 26.2. The van der Waals surface area contributed by atoms with Crippen molar-refractivity contribution in [2.24, 2.45) is 5.92 Å². The fourth-order valence-electron chi connectivity index (χ4n) is 4.04. The number of amides is 1. The van der Waals surface area contributed by atoms with Crippen LogP contribution >= 0.6 is 0 Å². The SMILES string of the molecule is CNC(=O)c1cn(Cc2ccc(C#N)cc2)c2cc(OC)ccc12.OCC1CC(O)C(CO)C(O)O1. The van der Waals surface area contributed by atoms with Crippen LogP contribution in [0.25, 0.3) is 10.9 Å². The molecule has 1 aliphatic rings. The molecule has 1 aromatic heterocycles. The first-order valence-corrected chi connectivity index (χ1v) is 11.5. The van der Waals surface area contributed by atoms with Gasteiger partial charge in [-0.1, -0.05) is 12.1 Å². The summed E-state index contributed by atoms with van der Waals surface area (Å²) in [5.41, 5.74) is 3.24. The molecule has 2 heterocycles. The Kier molecular flexibility index (Phi) is 9.41. The van der Waals surface area contributed by atoms with Gasteiger partial charge in [0, 0.05) is 37.7 Å². The monoisotopic (exact) mass is 497 g/mol. The van der Waals surface area contributed by atoms with Crippen molar-refractivity contribution in [2.75, 3.05) is 27.4 Å². The molecule has 1 amide bonds. The summed E-state index contributed by atoms with van der Waals surface area (Å²) in [5.74, 6) is -0.0401. The van der Waals surface area contributed by atoms with E-state index in [1.165, 1.54) is 0 Å². The maximum atomic E-state index is 12.1.